The Morgan fingerprint density at radius 2 is 1.43 bits per heavy atom. The minimum Gasteiger partial charge on any atom is -0.362 e. The van der Waals surface area contributed by atoms with E-state index in [9.17, 15) is 34.8 Å². The van der Waals surface area contributed by atoms with Gasteiger partial charge < -0.3 is 10.2 Å². The van der Waals surface area contributed by atoms with Gasteiger partial charge >= 0.3 is 12.7 Å². The second-order valence-corrected chi connectivity index (χ2v) is 10.7. The van der Waals surface area contributed by atoms with Gasteiger partial charge in [0.25, 0.3) is 10.0 Å². The van der Waals surface area contributed by atoms with Crippen LogP contribution in [0.3, 0.4) is 0 Å². The number of ether oxygens (including phenoxy) is 2. The summed E-state index contributed by atoms with van der Waals surface area (Å²) in [7, 11) is -0.919. The highest BCUT2D eigenvalue weighted by atomic mass is 32.2. The number of hydrogen-bond donors (Lipinski definition) is 2. The Kier molecular flexibility index (Phi) is 8.79. The number of benzene rings is 3. The first kappa shape index (κ1) is 30.8. The van der Waals surface area contributed by atoms with Crippen LogP contribution in [0.25, 0.3) is 10.9 Å². The molecule has 1 heterocycles. The monoisotopic (exact) mass is 615 g/mol. The minimum atomic E-state index is -5.07. The van der Waals surface area contributed by atoms with Gasteiger partial charge in [0.05, 0.1) is 23.6 Å². The molecule has 0 saturated heterocycles. The molecule has 3 aromatic carbocycles. The van der Waals surface area contributed by atoms with Crippen molar-refractivity contribution in [1.29, 1.82) is 0 Å². The van der Waals surface area contributed by atoms with Gasteiger partial charge in [0.15, 0.2) is 0 Å². The van der Waals surface area contributed by atoms with E-state index in [1.165, 1.54) is 24.3 Å². The number of anilines is 4. The van der Waals surface area contributed by atoms with E-state index >= 15 is 0 Å². The standard InChI is InChI=1S/C26H23F6N5O4S/c1-37(2)23-20-5-3-4-6-21(20)34-24(35-23)33-18-9-11-19(12-10-18)36-42(38,39)22-13-16(14-40-25(27,28)29)7-8-17(22)15-41-26(30,31)32/h3-13,36H,14-15H2,1-2H3,(H,33,34,35). The second-order valence-electron chi connectivity index (χ2n) is 9.00. The van der Waals surface area contributed by atoms with Crippen LogP contribution in [-0.2, 0) is 32.7 Å². The smallest absolute Gasteiger partial charge is 0.362 e. The molecule has 16 heteroatoms. The van der Waals surface area contributed by atoms with Crippen molar-refractivity contribution < 1.29 is 44.2 Å². The average Bonchev–Trinajstić information content (AvgIpc) is 2.90. The predicted molar refractivity (Wildman–Crippen MR) is 143 cm³/mol. The number of sulfonamides is 1. The Labute approximate surface area is 236 Å². The van der Waals surface area contributed by atoms with E-state index < -0.39 is 46.4 Å². The van der Waals surface area contributed by atoms with Crippen molar-refractivity contribution in [3.63, 3.8) is 0 Å². The SMILES string of the molecule is CN(C)c1nc(Nc2ccc(NS(=O)(=O)c3cc(COC(F)(F)F)ccc3COC(F)(F)F)cc2)nc2ccccc12. The van der Waals surface area contributed by atoms with E-state index in [4.69, 9.17) is 0 Å². The third-order valence-electron chi connectivity index (χ3n) is 5.61. The lowest BCUT2D eigenvalue weighted by atomic mass is 10.1. The van der Waals surface area contributed by atoms with E-state index in [0.29, 0.717) is 17.0 Å². The van der Waals surface area contributed by atoms with Crippen LogP contribution in [0.2, 0.25) is 0 Å². The zero-order chi connectivity index (χ0) is 30.7. The fourth-order valence-corrected chi connectivity index (χ4v) is 5.14. The van der Waals surface area contributed by atoms with Crippen LogP contribution >= 0.6 is 0 Å². The molecular weight excluding hydrogens is 592 g/mol. The number of para-hydroxylation sites is 1. The van der Waals surface area contributed by atoms with Gasteiger partial charge in [0.1, 0.15) is 5.82 Å². The van der Waals surface area contributed by atoms with Gasteiger partial charge in [-0.05, 0) is 53.6 Å². The van der Waals surface area contributed by atoms with Crippen LogP contribution in [0.15, 0.2) is 71.6 Å². The highest BCUT2D eigenvalue weighted by Gasteiger charge is 2.32. The number of alkyl halides is 6. The van der Waals surface area contributed by atoms with Crippen LogP contribution in [0.5, 0.6) is 0 Å². The summed E-state index contributed by atoms with van der Waals surface area (Å²) in [5.74, 6) is 0.943. The van der Waals surface area contributed by atoms with Crippen molar-refractivity contribution in [2.45, 2.75) is 30.8 Å². The van der Waals surface area contributed by atoms with Gasteiger partial charge in [-0.2, -0.15) is 4.98 Å². The summed E-state index contributed by atoms with van der Waals surface area (Å²) in [6.45, 7) is -2.25. The van der Waals surface area contributed by atoms with Crippen LogP contribution < -0.4 is 14.9 Å². The summed E-state index contributed by atoms with van der Waals surface area (Å²) in [5.41, 5.74) is 0.530. The number of halogens is 6. The average molecular weight is 616 g/mol. The minimum absolute atomic E-state index is 0.0218. The maximum atomic E-state index is 13.2. The summed E-state index contributed by atoms with van der Waals surface area (Å²) in [5, 5.41) is 3.87. The number of aromatic nitrogens is 2. The third kappa shape index (κ3) is 8.20. The molecule has 0 aliphatic carbocycles. The molecule has 0 bridgehead atoms. The van der Waals surface area contributed by atoms with Crippen molar-refractivity contribution in [2.24, 2.45) is 0 Å². The molecule has 9 nitrogen and oxygen atoms in total. The first-order valence-electron chi connectivity index (χ1n) is 12.0. The lowest BCUT2D eigenvalue weighted by molar-refractivity contribution is -0.331. The normalized spacial score (nSPS) is 12.4. The number of nitrogens with one attached hydrogen (secondary N) is 2. The molecule has 2 N–H and O–H groups in total. The molecular formula is C26H23F6N5O4S. The summed E-state index contributed by atoms with van der Waals surface area (Å²) in [4.78, 5) is 10.1. The molecule has 0 saturated carbocycles. The van der Waals surface area contributed by atoms with Crippen LogP contribution in [0.1, 0.15) is 11.1 Å². The van der Waals surface area contributed by atoms with E-state index in [1.54, 1.807) is 0 Å². The molecule has 0 aliphatic rings. The third-order valence-corrected chi connectivity index (χ3v) is 7.08. The number of nitrogens with zero attached hydrogens (tertiary/aromatic N) is 3. The van der Waals surface area contributed by atoms with Crippen molar-refractivity contribution in [3.05, 3.63) is 77.9 Å². The van der Waals surface area contributed by atoms with E-state index in [1.807, 2.05) is 43.3 Å². The quantitative estimate of drug-likeness (QED) is 0.200. The van der Waals surface area contributed by atoms with Crippen molar-refractivity contribution >= 4 is 44.1 Å². The zero-order valence-corrected chi connectivity index (χ0v) is 22.7. The van der Waals surface area contributed by atoms with Crippen molar-refractivity contribution in [2.75, 3.05) is 29.0 Å². The number of hydrogen-bond acceptors (Lipinski definition) is 8. The molecule has 1 aromatic heterocycles. The molecule has 0 unspecified atom stereocenters. The molecule has 4 aromatic rings. The molecule has 0 aliphatic heterocycles. The first-order valence-corrected chi connectivity index (χ1v) is 13.5. The van der Waals surface area contributed by atoms with Gasteiger partial charge in [-0.1, -0.05) is 24.3 Å². The second kappa shape index (κ2) is 12.0. The highest BCUT2D eigenvalue weighted by Crippen LogP contribution is 2.29. The summed E-state index contributed by atoms with van der Waals surface area (Å²) < 4.78 is 111. The van der Waals surface area contributed by atoms with Gasteiger partial charge in [0, 0.05) is 30.9 Å². The summed E-state index contributed by atoms with van der Waals surface area (Å²) in [6, 6.07) is 15.9. The van der Waals surface area contributed by atoms with Crippen LogP contribution in [-0.4, -0.2) is 45.2 Å². The van der Waals surface area contributed by atoms with Gasteiger partial charge in [-0.25, -0.2) is 13.4 Å². The van der Waals surface area contributed by atoms with Crippen LogP contribution in [0.4, 0.5) is 49.5 Å². The molecule has 4 rings (SSSR count). The molecule has 0 radical (unpaired) electrons. The van der Waals surface area contributed by atoms with Crippen LogP contribution in [0, 0.1) is 0 Å². The lowest BCUT2D eigenvalue weighted by Crippen LogP contribution is -2.19. The number of rotatable bonds is 10. The predicted octanol–water partition coefficient (Wildman–Crippen LogP) is 6.31. The van der Waals surface area contributed by atoms with Crippen molar-refractivity contribution in [3.8, 4) is 0 Å². The Balaban J connectivity index is 1.56. The summed E-state index contributed by atoms with van der Waals surface area (Å²) in [6.07, 6.45) is -10.1. The van der Waals surface area contributed by atoms with E-state index in [0.717, 1.165) is 23.6 Å². The Morgan fingerprint density at radius 1 is 0.810 bits per heavy atom. The molecule has 224 valence electrons. The summed E-state index contributed by atoms with van der Waals surface area (Å²) >= 11 is 0. The van der Waals surface area contributed by atoms with Gasteiger partial charge in [-0.15, -0.1) is 26.3 Å². The molecule has 42 heavy (non-hydrogen) atoms. The topological polar surface area (TPSA) is 106 Å². The Bertz CT molecular complexity index is 1660. The largest absolute Gasteiger partial charge is 0.522 e. The molecule has 0 amide bonds. The Hall–Kier alpha value is -4.15. The highest BCUT2D eigenvalue weighted by molar-refractivity contribution is 7.92. The van der Waals surface area contributed by atoms with Crippen molar-refractivity contribution in [1.82, 2.24) is 9.97 Å². The van der Waals surface area contributed by atoms with Gasteiger partial charge in [0.2, 0.25) is 5.95 Å². The molecule has 0 atom stereocenters. The molecule has 0 spiro atoms. The molecule has 0 fully saturated rings. The maximum absolute atomic E-state index is 13.2. The lowest BCUT2D eigenvalue weighted by Gasteiger charge is -2.16. The maximum Gasteiger partial charge on any atom is 0.522 e. The van der Waals surface area contributed by atoms with E-state index in [2.05, 4.69) is 29.5 Å². The number of fused-ring (bicyclic) bond motifs is 1. The first-order chi connectivity index (χ1) is 19.6. The fraction of sp³-hybridized carbons (Fsp3) is 0.231. The van der Waals surface area contributed by atoms with Gasteiger partial charge in [-0.3, -0.25) is 14.2 Å². The zero-order valence-electron chi connectivity index (χ0n) is 21.9. The fourth-order valence-electron chi connectivity index (χ4n) is 3.80. The van der Waals surface area contributed by atoms with E-state index in [-0.39, 0.29) is 17.2 Å². The Morgan fingerprint density at radius 3 is 2.07 bits per heavy atom.